The lowest BCUT2D eigenvalue weighted by molar-refractivity contribution is -0.144. The molecule has 0 aromatic carbocycles. The zero-order valence-electron chi connectivity index (χ0n) is 17.7. The van der Waals surface area contributed by atoms with Crippen LogP contribution in [0.4, 0.5) is 0 Å². The van der Waals surface area contributed by atoms with Crippen LogP contribution in [0, 0.1) is 5.92 Å². The van der Waals surface area contributed by atoms with Crippen LogP contribution in [0.5, 0.6) is 0 Å². The van der Waals surface area contributed by atoms with Gasteiger partial charge in [-0.1, -0.05) is 96.8 Å². The van der Waals surface area contributed by atoms with E-state index in [0.717, 1.165) is 32.1 Å². The van der Waals surface area contributed by atoms with Crippen molar-refractivity contribution in [3.05, 3.63) is 0 Å². The minimum absolute atomic E-state index is 0.00898. The molecule has 0 aromatic rings. The van der Waals surface area contributed by atoms with Gasteiger partial charge in [-0.2, -0.15) is 0 Å². The summed E-state index contributed by atoms with van der Waals surface area (Å²) in [6.45, 7) is 2.77. The molecule has 0 bridgehead atoms. The van der Waals surface area contributed by atoms with Gasteiger partial charge in [0.1, 0.15) is 6.54 Å². The largest absolute Gasteiger partial charge is 0.464 e. The van der Waals surface area contributed by atoms with Gasteiger partial charge in [-0.25, -0.2) is 0 Å². The highest BCUT2D eigenvalue weighted by atomic mass is 16.5. The Kier molecular flexibility index (Phi) is 15.2. The van der Waals surface area contributed by atoms with E-state index in [4.69, 9.17) is 4.74 Å². The van der Waals surface area contributed by atoms with Crippen molar-refractivity contribution in [3.63, 3.8) is 0 Å². The Hall–Kier alpha value is -1.06. The molecule has 0 unspecified atom stereocenters. The molecular formula is C23H43NO3. The molecule has 0 aromatic heterocycles. The van der Waals surface area contributed by atoms with Crippen LogP contribution >= 0.6 is 0 Å². The zero-order chi connectivity index (χ0) is 19.6. The highest BCUT2D eigenvalue weighted by molar-refractivity contribution is 5.83. The molecule has 4 heteroatoms. The monoisotopic (exact) mass is 381 g/mol. The van der Waals surface area contributed by atoms with Crippen molar-refractivity contribution in [2.24, 2.45) is 5.92 Å². The maximum absolute atomic E-state index is 11.6. The Balaban J connectivity index is 1.73. The summed E-state index contributed by atoms with van der Waals surface area (Å²) in [7, 11) is 0. The van der Waals surface area contributed by atoms with Gasteiger partial charge in [-0.3, -0.25) is 9.59 Å². The maximum atomic E-state index is 11.6. The van der Waals surface area contributed by atoms with E-state index in [-0.39, 0.29) is 24.3 Å². The first-order chi connectivity index (χ1) is 13.2. The van der Waals surface area contributed by atoms with Crippen LogP contribution in [0.2, 0.25) is 0 Å². The van der Waals surface area contributed by atoms with Crippen LogP contribution in [0.25, 0.3) is 0 Å². The van der Waals surface area contributed by atoms with Crippen molar-refractivity contribution in [1.82, 2.24) is 5.32 Å². The van der Waals surface area contributed by atoms with E-state index in [1.165, 1.54) is 77.0 Å². The molecule has 1 fully saturated rings. The van der Waals surface area contributed by atoms with E-state index < -0.39 is 0 Å². The van der Waals surface area contributed by atoms with Crippen LogP contribution in [-0.2, 0) is 14.3 Å². The minimum atomic E-state index is -0.308. The van der Waals surface area contributed by atoms with Crippen molar-refractivity contribution in [1.29, 1.82) is 0 Å². The highest BCUT2D eigenvalue weighted by Gasteiger charge is 2.25. The van der Waals surface area contributed by atoms with E-state index >= 15 is 0 Å². The Morgan fingerprint density at radius 1 is 0.778 bits per heavy atom. The molecule has 1 saturated carbocycles. The van der Waals surface area contributed by atoms with E-state index in [2.05, 4.69) is 12.2 Å². The number of carbonyl (C=O) groups is 2. The second-order valence-electron chi connectivity index (χ2n) is 8.16. The second kappa shape index (κ2) is 17.1. The van der Waals surface area contributed by atoms with Crippen LogP contribution in [-0.4, -0.2) is 25.0 Å². The van der Waals surface area contributed by atoms with Gasteiger partial charge in [0.2, 0.25) is 5.91 Å². The Morgan fingerprint density at radius 3 is 1.70 bits per heavy atom. The summed E-state index contributed by atoms with van der Waals surface area (Å²) in [6, 6.07) is 0. The fourth-order valence-corrected chi connectivity index (χ4v) is 3.51. The van der Waals surface area contributed by atoms with Crippen LogP contribution in [0.15, 0.2) is 0 Å². The lowest BCUT2D eigenvalue weighted by Gasteiger charge is -2.23. The van der Waals surface area contributed by atoms with Crippen LogP contribution in [0.3, 0.4) is 0 Å². The van der Waals surface area contributed by atoms with E-state index in [1.54, 1.807) is 0 Å². The molecular weight excluding hydrogens is 338 g/mol. The predicted molar refractivity (Wildman–Crippen MR) is 112 cm³/mol. The van der Waals surface area contributed by atoms with Crippen LogP contribution < -0.4 is 5.32 Å². The first-order valence-corrected chi connectivity index (χ1v) is 11.7. The second-order valence-corrected chi connectivity index (χ2v) is 8.16. The molecule has 1 rings (SSSR count). The molecule has 4 nitrogen and oxygen atoms in total. The number of hydrogen-bond acceptors (Lipinski definition) is 3. The van der Waals surface area contributed by atoms with Gasteiger partial charge in [-0.05, 0) is 19.3 Å². The summed E-state index contributed by atoms with van der Waals surface area (Å²) < 4.78 is 5.18. The molecule has 0 spiro atoms. The van der Waals surface area contributed by atoms with Crippen molar-refractivity contribution in [3.8, 4) is 0 Å². The van der Waals surface area contributed by atoms with Gasteiger partial charge in [0, 0.05) is 5.92 Å². The topological polar surface area (TPSA) is 55.4 Å². The Bertz CT molecular complexity index is 380. The minimum Gasteiger partial charge on any atom is -0.464 e. The zero-order valence-corrected chi connectivity index (χ0v) is 17.7. The summed E-state index contributed by atoms with van der Waals surface area (Å²) in [5, 5.41) is 2.67. The number of rotatable bonds is 18. The molecule has 158 valence electrons. The number of amides is 1. The van der Waals surface area contributed by atoms with Crippen LogP contribution in [0.1, 0.15) is 116 Å². The normalized spacial score (nSPS) is 14.0. The van der Waals surface area contributed by atoms with E-state index in [1.807, 2.05) is 0 Å². The predicted octanol–water partition coefficient (Wildman–Crippen LogP) is 5.93. The van der Waals surface area contributed by atoms with Crippen molar-refractivity contribution >= 4 is 11.9 Å². The smallest absolute Gasteiger partial charge is 0.325 e. The number of nitrogens with one attached hydrogen (secondary N) is 1. The average Bonchev–Trinajstić information content (AvgIpc) is 2.61. The molecule has 1 aliphatic carbocycles. The molecule has 0 saturated heterocycles. The SMILES string of the molecule is CCCCCCCCCCCCCCCCOC(=O)CNC(=O)C1CCC1. The summed E-state index contributed by atoms with van der Waals surface area (Å²) in [5.41, 5.74) is 0. The van der Waals surface area contributed by atoms with Crippen molar-refractivity contribution < 1.29 is 14.3 Å². The summed E-state index contributed by atoms with van der Waals surface area (Å²) >= 11 is 0. The number of ether oxygens (including phenoxy) is 1. The fraction of sp³-hybridized carbons (Fsp3) is 0.913. The van der Waals surface area contributed by atoms with E-state index in [9.17, 15) is 9.59 Å². The third-order valence-corrected chi connectivity index (χ3v) is 5.64. The molecule has 1 amide bonds. The lowest BCUT2D eigenvalue weighted by atomic mass is 9.85. The Morgan fingerprint density at radius 2 is 1.26 bits per heavy atom. The summed E-state index contributed by atoms with van der Waals surface area (Å²) in [4.78, 5) is 23.2. The summed E-state index contributed by atoms with van der Waals surface area (Å²) in [6.07, 6.45) is 21.5. The number of hydrogen-bond donors (Lipinski definition) is 1. The van der Waals surface area contributed by atoms with Crippen molar-refractivity contribution in [2.75, 3.05) is 13.2 Å². The number of unbranched alkanes of at least 4 members (excludes halogenated alkanes) is 13. The number of esters is 1. The maximum Gasteiger partial charge on any atom is 0.325 e. The van der Waals surface area contributed by atoms with Gasteiger partial charge < -0.3 is 10.1 Å². The standard InChI is InChI=1S/C23H43NO3/c1-2-3-4-5-6-7-8-9-10-11-12-13-14-15-19-27-22(25)20-24-23(26)21-17-16-18-21/h21H,2-20H2,1H3,(H,24,26). The molecule has 27 heavy (non-hydrogen) atoms. The highest BCUT2D eigenvalue weighted by Crippen LogP contribution is 2.26. The van der Waals surface area contributed by atoms with E-state index in [0.29, 0.717) is 6.61 Å². The average molecular weight is 382 g/mol. The van der Waals surface area contributed by atoms with Gasteiger partial charge in [0.15, 0.2) is 0 Å². The third kappa shape index (κ3) is 13.7. The third-order valence-electron chi connectivity index (χ3n) is 5.64. The molecule has 0 atom stereocenters. The Labute approximate surface area is 167 Å². The van der Waals surface area contributed by atoms with Gasteiger partial charge in [0.05, 0.1) is 6.61 Å². The quantitative estimate of drug-likeness (QED) is 0.236. The number of carbonyl (C=O) groups excluding carboxylic acids is 2. The van der Waals surface area contributed by atoms with Crippen molar-refractivity contribution in [2.45, 2.75) is 116 Å². The summed E-state index contributed by atoms with van der Waals surface area (Å²) in [5.74, 6) is -0.171. The molecule has 0 heterocycles. The molecule has 0 aliphatic heterocycles. The molecule has 1 aliphatic rings. The van der Waals surface area contributed by atoms with Gasteiger partial charge >= 0.3 is 5.97 Å². The molecule has 0 radical (unpaired) electrons. The van der Waals surface area contributed by atoms with Gasteiger partial charge in [0.25, 0.3) is 0 Å². The van der Waals surface area contributed by atoms with Gasteiger partial charge in [-0.15, -0.1) is 0 Å². The first kappa shape index (κ1) is 24.0. The first-order valence-electron chi connectivity index (χ1n) is 11.7. The lowest BCUT2D eigenvalue weighted by Crippen LogP contribution is -2.37. The molecule has 1 N–H and O–H groups in total. The fourth-order valence-electron chi connectivity index (χ4n) is 3.51.